The minimum Gasteiger partial charge on any atom is -0.312 e. The Morgan fingerprint density at radius 1 is 1.45 bits per heavy atom. The molecule has 0 aliphatic carbocycles. The van der Waals surface area contributed by atoms with Gasteiger partial charge in [-0.3, -0.25) is 9.80 Å². The van der Waals surface area contributed by atoms with Crippen molar-refractivity contribution in [2.45, 2.75) is 26.7 Å². The summed E-state index contributed by atoms with van der Waals surface area (Å²) < 4.78 is 0. The molecule has 6 heteroatoms. The topological polar surface area (TPSA) is 44.7 Å². The lowest BCUT2D eigenvalue weighted by Gasteiger charge is -2.14. The number of hydrazone groups is 1. The summed E-state index contributed by atoms with van der Waals surface area (Å²) >= 11 is 11.9. The SMILES string of the molecule is CCCC(=O)NC1=NN(c2ccc(Cl)c(Cl)c2)C[C@@H]1C. The second kappa shape index (κ2) is 6.46. The fourth-order valence-electron chi connectivity index (χ4n) is 2.00. The van der Waals surface area contributed by atoms with E-state index in [2.05, 4.69) is 10.4 Å². The number of hydrogen-bond donors (Lipinski definition) is 1. The molecule has 4 nitrogen and oxygen atoms in total. The van der Waals surface area contributed by atoms with Gasteiger partial charge in [0, 0.05) is 12.3 Å². The van der Waals surface area contributed by atoms with E-state index in [-0.39, 0.29) is 11.8 Å². The molecule has 1 aromatic carbocycles. The van der Waals surface area contributed by atoms with Crippen LogP contribution >= 0.6 is 23.2 Å². The molecule has 1 aromatic rings. The van der Waals surface area contributed by atoms with Crippen LogP contribution in [0.25, 0.3) is 0 Å². The highest BCUT2D eigenvalue weighted by atomic mass is 35.5. The minimum atomic E-state index is 0.00842. The second-order valence-corrected chi connectivity index (χ2v) is 5.68. The molecule has 1 heterocycles. The van der Waals surface area contributed by atoms with Crippen LogP contribution in [0.2, 0.25) is 10.0 Å². The monoisotopic (exact) mass is 313 g/mol. The van der Waals surface area contributed by atoms with Crippen LogP contribution in [-0.2, 0) is 4.79 Å². The van der Waals surface area contributed by atoms with Gasteiger partial charge in [-0.1, -0.05) is 37.0 Å². The predicted molar refractivity (Wildman–Crippen MR) is 83.5 cm³/mol. The van der Waals surface area contributed by atoms with Crippen molar-refractivity contribution in [2.75, 3.05) is 11.6 Å². The molecule has 2 rings (SSSR count). The summed E-state index contributed by atoms with van der Waals surface area (Å²) in [5.74, 6) is 0.883. The van der Waals surface area contributed by atoms with Crippen molar-refractivity contribution in [3.8, 4) is 0 Å². The highest BCUT2D eigenvalue weighted by Gasteiger charge is 2.25. The van der Waals surface area contributed by atoms with E-state index in [0.717, 1.165) is 12.1 Å². The van der Waals surface area contributed by atoms with E-state index >= 15 is 0 Å². The number of benzene rings is 1. The Morgan fingerprint density at radius 2 is 2.20 bits per heavy atom. The molecule has 0 aromatic heterocycles. The number of anilines is 1. The zero-order chi connectivity index (χ0) is 14.7. The number of nitrogens with zero attached hydrogens (tertiary/aromatic N) is 2. The highest BCUT2D eigenvalue weighted by Crippen LogP contribution is 2.29. The number of nitrogens with one attached hydrogen (secondary N) is 1. The summed E-state index contributed by atoms with van der Waals surface area (Å²) in [6, 6.07) is 5.38. The number of carbonyl (C=O) groups is 1. The summed E-state index contributed by atoms with van der Waals surface area (Å²) in [7, 11) is 0. The molecule has 108 valence electrons. The molecule has 1 N–H and O–H groups in total. The van der Waals surface area contributed by atoms with Crippen LogP contribution in [0.1, 0.15) is 26.7 Å². The van der Waals surface area contributed by atoms with Gasteiger partial charge < -0.3 is 5.32 Å². The quantitative estimate of drug-likeness (QED) is 0.925. The van der Waals surface area contributed by atoms with Crippen molar-refractivity contribution in [2.24, 2.45) is 11.0 Å². The van der Waals surface area contributed by atoms with Crippen LogP contribution in [-0.4, -0.2) is 18.3 Å². The van der Waals surface area contributed by atoms with Gasteiger partial charge in [0.05, 0.1) is 22.3 Å². The van der Waals surface area contributed by atoms with Gasteiger partial charge in [-0.15, -0.1) is 0 Å². The Kier molecular flexibility index (Phi) is 4.89. The van der Waals surface area contributed by atoms with Gasteiger partial charge in [-0.2, -0.15) is 5.10 Å². The molecule has 1 amide bonds. The Bertz CT molecular complexity index is 545. The lowest BCUT2D eigenvalue weighted by Crippen LogP contribution is -2.33. The lowest BCUT2D eigenvalue weighted by molar-refractivity contribution is -0.119. The first-order valence-corrected chi connectivity index (χ1v) is 7.37. The average Bonchev–Trinajstić information content (AvgIpc) is 2.74. The number of hydrogen-bond acceptors (Lipinski definition) is 3. The summed E-state index contributed by atoms with van der Waals surface area (Å²) in [6.07, 6.45) is 1.34. The summed E-state index contributed by atoms with van der Waals surface area (Å²) in [6.45, 7) is 4.71. The molecular formula is C14H17Cl2N3O. The lowest BCUT2D eigenvalue weighted by atomic mass is 10.1. The zero-order valence-corrected chi connectivity index (χ0v) is 13.0. The first-order chi connectivity index (χ1) is 9.51. The molecule has 0 unspecified atom stereocenters. The Balaban J connectivity index is 2.13. The third kappa shape index (κ3) is 3.44. The van der Waals surface area contributed by atoms with Crippen molar-refractivity contribution in [3.63, 3.8) is 0 Å². The first-order valence-electron chi connectivity index (χ1n) is 6.62. The van der Waals surface area contributed by atoms with Gasteiger partial charge in [-0.05, 0) is 24.6 Å². The molecule has 0 saturated heterocycles. The number of carbonyl (C=O) groups excluding carboxylic acids is 1. The summed E-state index contributed by atoms with van der Waals surface area (Å²) in [4.78, 5) is 11.6. The smallest absolute Gasteiger partial charge is 0.225 e. The predicted octanol–water partition coefficient (Wildman–Crippen LogP) is 3.68. The summed E-state index contributed by atoms with van der Waals surface area (Å²) in [5, 5.41) is 10.2. The Hall–Kier alpha value is -1.26. The fourth-order valence-corrected chi connectivity index (χ4v) is 2.30. The Labute approximate surface area is 128 Å². The van der Waals surface area contributed by atoms with Crippen LogP contribution in [0.4, 0.5) is 5.69 Å². The van der Waals surface area contributed by atoms with E-state index < -0.39 is 0 Å². The van der Waals surface area contributed by atoms with Crippen molar-refractivity contribution in [1.29, 1.82) is 0 Å². The molecule has 0 saturated carbocycles. The van der Waals surface area contributed by atoms with Crippen molar-refractivity contribution in [1.82, 2.24) is 5.32 Å². The van der Waals surface area contributed by atoms with Crippen molar-refractivity contribution in [3.05, 3.63) is 28.2 Å². The van der Waals surface area contributed by atoms with Crippen molar-refractivity contribution < 1.29 is 4.79 Å². The maximum absolute atomic E-state index is 11.6. The average molecular weight is 314 g/mol. The third-order valence-electron chi connectivity index (χ3n) is 3.09. The Morgan fingerprint density at radius 3 is 2.85 bits per heavy atom. The molecule has 0 fully saturated rings. The van der Waals surface area contributed by atoms with Gasteiger partial charge in [0.1, 0.15) is 5.84 Å². The van der Waals surface area contributed by atoms with Crippen LogP contribution in [0, 0.1) is 5.92 Å². The van der Waals surface area contributed by atoms with Crippen LogP contribution in [0.5, 0.6) is 0 Å². The van der Waals surface area contributed by atoms with E-state index in [1.165, 1.54) is 0 Å². The molecule has 0 bridgehead atoms. The molecule has 0 radical (unpaired) electrons. The minimum absolute atomic E-state index is 0.00842. The van der Waals surface area contributed by atoms with Crippen molar-refractivity contribution >= 4 is 40.6 Å². The largest absolute Gasteiger partial charge is 0.312 e. The number of amides is 1. The third-order valence-corrected chi connectivity index (χ3v) is 3.83. The molecule has 0 spiro atoms. The van der Waals surface area contributed by atoms with Gasteiger partial charge in [0.2, 0.25) is 5.91 Å². The second-order valence-electron chi connectivity index (χ2n) is 4.86. The molecule has 1 aliphatic heterocycles. The van der Waals surface area contributed by atoms with Crippen LogP contribution in [0.3, 0.4) is 0 Å². The zero-order valence-electron chi connectivity index (χ0n) is 11.5. The fraction of sp³-hybridized carbons (Fsp3) is 0.429. The van der Waals surface area contributed by atoms with Gasteiger partial charge >= 0.3 is 0 Å². The van der Waals surface area contributed by atoms with E-state index in [1.807, 2.05) is 24.9 Å². The van der Waals surface area contributed by atoms with E-state index in [1.54, 1.807) is 12.1 Å². The van der Waals surface area contributed by atoms with Crippen LogP contribution < -0.4 is 10.3 Å². The molecule has 20 heavy (non-hydrogen) atoms. The van der Waals surface area contributed by atoms with Gasteiger partial charge in [0.25, 0.3) is 0 Å². The summed E-state index contributed by atoms with van der Waals surface area (Å²) in [5.41, 5.74) is 0.867. The number of halogens is 2. The van der Waals surface area contributed by atoms with Crippen LogP contribution in [0.15, 0.2) is 23.3 Å². The molecular weight excluding hydrogens is 297 g/mol. The number of rotatable bonds is 3. The van der Waals surface area contributed by atoms with E-state index in [0.29, 0.717) is 28.8 Å². The first kappa shape index (κ1) is 15.1. The van der Waals surface area contributed by atoms with E-state index in [9.17, 15) is 4.79 Å². The number of amidine groups is 1. The maximum atomic E-state index is 11.6. The molecule has 1 aliphatic rings. The standard InChI is InChI=1S/C14H17Cl2N3O/c1-3-4-13(20)17-14-9(2)8-19(18-14)10-5-6-11(15)12(16)7-10/h5-7,9H,3-4,8H2,1-2H3,(H,17,18,20)/t9-/m0/s1. The van der Waals surface area contributed by atoms with Gasteiger partial charge in [-0.25, -0.2) is 0 Å². The van der Waals surface area contributed by atoms with Gasteiger partial charge in [0.15, 0.2) is 0 Å². The highest BCUT2D eigenvalue weighted by molar-refractivity contribution is 6.42. The maximum Gasteiger partial charge on any atom is 0.225 e. The normalized spacial score (nSPS) is 18.1. The molecule has 1 atom stereocenters. The van der Waals surface area contributed by atoms with E-state index in [4.69, 9.17) is 23.2 Å².